The van der Waals surface area contributed by atoms with Gasteiger partial charge in [-0.05, 0) is 24.6 Å². The van der Waals surface area contributed by atoms with Crippen LogP contribution in [0.25, 0.3) is 0 Å². The van der Waals surface area contributed by atoms with Crippen molar-refractivity contribution in [3.05, 3.63) is 29.3 Å². The molecule has 0 spiro atoms. The minimum atomic E-state index is -3.86. The van der Waals surface area contributed by atoms with Crippen molar-refractivity contribution in [2.24, 2.45) is 0 Å². The van der Waals surface area contributed by atoms with Crippen LogP contribution in [0.5, 0.6) is 0 Å². The van der Waals surface area contributed by atoms with Gasteiger partial charge in [-0.15, -0.1) is 0 Å². The van der Waals surface area contributed by atoms with Gasteiger partial charge in [-0.2, -0.15) is 0 Å². The minimum Gasteiger partial charge on any atom is -0.456 e. The second kappa shape index (κ2) is 5.48. The maximum Gasteiger partial charge on any atom is 0.338 e. The zero-order valence-electron chi connectivity index (χ0n) is 10.3. The number of esters is 1. The van der Waals surface area contributed by atoms with Crippen molar-refractivity contribution in [3.8, 4) is 0 Å². The normalized spacial score (nSPS) is 19.4. The summed E-state index contributed by atoms with van der Waals surface area (Å²) in [5, 5.41) is 0. The second-order valence-corrected chi connectivity index (χ2v) is 6.87. The molecule has 0 aliphatic carbocycles. The molecule has 5 nitrogen and oxygen atoms in total. The van der Waals surface area contributed by atoms with Crippen LogP contribution in [0.4, 0.5) is 0 Å². The third-order valence-corrected chi connectivity index (χ3v) is 4.22. The van der Waals surface area contributed by atoms with Crippen LogP contribution < -0.4 is 0 Å². The fourth-order valence-electron chi connectivity index (χ4n) is 1.79. The third kappa shape index (κ3) is 3.46. The topological polar surface area (TPSA) is 69.7 Å². The highest BCUT2D eigenvalue weighted by Gasteiger charge is 2.23. The van der Waals surface area contributed by atoms with Gasteiger partial charge in [-0.3, -0.25) is 0 Å². The third-order valence-electron chi connectivity index (χ3n) is 2.87. The SMILES string of the molecule is Cc1ccc(S(=O)(=O)Cl)cc1C(=O)OC1CCOC1. The smallest absolute Gasteiger partial charge is 0.338 e. The number of aryl methyl sites for hydroxylation is 1. The number of hydrogen-bond acceptors (Lipinski definition) is 5. The van der Waals surface area contributed by atoms with E-state index in [1.54, 1.807) is 6.92 Å². The first-order valence-corrected chi connectivity index (χ1v) is 8.03. The fraction of sp³-hybridized carbons (Fsp3) is 0.417. The Bertz CT molecular complexity index is 590. The van der Waals surface area contributed by atoms with E-state index in [4.69, 9.17) is 20.2 Å². The van der Waals surface area contributed by atoms with E-state index in [-0.39, 0.29) is 16.6 Å². The van der Waals surface area contributed by atoms with Crippen LogP contribution in [-0.2, 0) is 18.5 Å². The van der Waals surface area contributed by atoms with Crippen LogP contribution in [0.1, 0.15) is 22.3 Å². The Morgan fingerprint density at radius 2 is 2.21 bits per heavy atom. The summed E-state index contributed by atoms with van der Waals surface area (Å²) >= 11 is 0. The van der Waals surface area contributed by atoms with Gasteiger partial charge in [0.05, 0.1) is 23.7 Å². The second-order valence-electron chi connectivity index (χ2n) is 4.31. The molecule has 0 bridgehead atoms. The number of ether oxygens (including phenoxy) is 2. The van der Waals surface area contributed by atoms with Crippen LogP contribution in [-0.4, -0.2) is 33.7 Å². The lowest BCUT2D eigenvalue weighted by Gasteiger charge is -2.12. The van der Waals surface area contributed by atoms with Crippen molar-refractivity contribution in [2.75, 3.05) is 13.2 Å². The average Bonchev–Trinajstić information content (AvgIpc) is 2.80. The zero-order valence-corrected chi connectivity index (χ0v) is 11.8. The first kappa shape index (κ1) is 14.3. The standard InChI is InChI=1S/C12H13ClO5S/c1-8-2-3-10(19(13,15)16)6-11(8)12(14)18-9-4-5-17-7-9/h2-3,6,9H,4-5,7H2,1H3. The van der Waals surface area contributed by atoms with E-state index in [9.17, 15) is 13.2 Å². The Morgan fingerprint density at radius 3 is 2.79 bits per heavy atom. The molecule has 1 aliphatic heterocycles. The van der Waals surface area contributed by atoms with Crippen molar-refractivity contribution in [3.63, 3.8) is 0 Å². The summed E-state index contributed by atoms with van der Waals surface area (Å²) in [6.07, 6.45) is 0.376. The first-order valence-electron chi connectivity index (χ1n) is 5.72. The summed E-state index contributed by atoms with van der Waals surface area (Å²) in [6, 6.07) is 4.11. The summed E-state index contributed by atoms with van der Waals surface area (Å²) in [4.78, 5) is 11.9. The highest BCUT2D eigenvalue weighted by Crippen LogP contribution is 2.21. The van der Waals surface area contributed by atoms with E-state index in [0.29, 0.717) is 25.2 Å². The molecule has 0 saturated carbocycles. The van der Waals surface area contributed by atoms with Gasteiger partial charge in [0.15, 0.2) is 0 Å². The van der Waals surface area contributed by atoms with Gasteiger partial charge in [-0.1, -0.05) is 6.07 Å². The van der Waals surface area contributed by atoms with Crippen LogP contribution in [0, 0.1) is 6.92 Å². The molecule has 19 heavy (non-hydrogen) atoms. The number of hydrogen-bond donors (Lipinski definition) is 0. The predicted molar refractivity (Wildman–Crippen MR) is 68.9 cm³/mol. The van der Waals surface area contributed by atoms with E-state index in [2.05, 4.69) is 0 Å². The van der Waals surface area contributed by atoms with Crippen molar-refractivity contribution < 1.29 is 22.7 Å². The molecule has 1 aromatic carbocycles. The summed E-state index contributed by atoms with van der Waals surface area (Å²) in [5.74, 6) is -0.560. The molecule has 0 aromatic heterocycles. The van der Waals surface area contributed by atoms with Crippen LogP contribution >= 0.6 is 10.7 Å². The van der Waals surface area contributed by atoms with Gasteiger partial charge in [-0.25, -0.2) is 13.2 Å². The Labute approximate surface area is 115 Å². The molecule has 1 heterocycles. The quantitative estimate of drug-likeness (QED) is 0.630. The van der Waals surface area contributed by atoms with Gasteiger partial charge in [0, 0.05) is 17.1 Å². The summed E-state index contributed by atoms with van der Waals surface area (Å²) in [5.41, 5.74) is 0.835. The van der Waals surface area contributed by atoms with Gasteiger partial charge in [0.2, 0.25) is 0 Å². The van der Waals surface area contributed by atoms with E-state index >= 15 is 0 Å². The summed E-state index contributed by atoms with van der Waals surface area (Å²) in [7, 11) is 1.39. The molecule has 7 heteroatoms. The van der Waals surface area contributed by atoms with Crippen LogP contribution in [0.15, 0.2) is 23.1 Å². The predicted octanol–water partition coefficient (Wildman–Crippen LogP) is 1.87. The highest BCUT2D eigenvalue weighted by molar-refractivity contribution is 8.13. The molecule has 104 valence electrons. The number of rotatable bonds is 3. The monoisotopic (exact) mass is 304 g/mol. The van der Waals surface area contributed by atoms with Crippen molar-refractivity contribution >= 4 is 25.7 Å². The number of benzene rings is 1. The number of carbonyl (C=O) groups excluding carboxylic acids is 1. The largest absolute Gasteiger partial charge is 0.456 e. The molecular formula is C12H13ClO5S. The molecule has 1 atom stereocenters. The fourth-order valence-corrected chi connectivity index (χ4v) is 2.57. The lowest BCUT2D eigenvalue weighted by atomic mass is 10.1. The van der Waals surface area contributed by atoms with E-state index in [1.165, 1.54) is 18.2 Å². The zero-order chi connectivity index (χ0) is 14.0. The molecule has 2 rings (SSSR count). The lowest BCUT2D eigenvalue weighted by molar-refractivity contribution is 0.0269. The summed E-state index contributed by atoms with van der Waals surface area (Å²) < 4.78 is 32.9. The van der Waals surface area contributed by atoms with E-state index < -0.39 is 15.0 Å². The van der Waals surface area contributed by atoms with E-state index in [1.807, 2.05) is 0 Å². The first-order chi connectivity index (χ1) is 8.88. The molecule has 1 fully saturated rings. The average molecular weight is 305 g/mol. The molecular weight excluding hydrogens is 292 g/mol. The molecule has 1 saturated heterocycles. The highest BCUT2D eigenvalue weighted by atomic mass is 35.7. The van der Waals surface area contributed by atoms with Gasteiger partial charge in [0.25, 0.3) is 9.05 Å². The molecule has 1 aromatic rings. The van der Waals surface area contributed by atoms with Gasteiger partial charge in [0.1, 0.15) is 6.10 Å². The van der Waals surface area contributed by atoms with Crippen molar-refractivity contribution in [1.29, 1.82) is 0 Å². The minimum absolute atomic E-state index is 0.116. The van der Waals surface area contributed by atoms with Crippen LogP contribution in [0.3, 0.4) is 0 Å². The number of halogens is 1. The Balaban J connectivity index is 2.25. The summed E-state index contributed by atoms with van der Waals surface area (Å²) in [6.45, 7) is 2.64. The van der Waals surface area contributed by atoms with Gasteiger partial charge >= 0.3 is 5.97 Å². The molecule has 0 N–H and O–H groups in total. The Kier molecular flexibility index (Phi) is 4.13. The molecule has 0 radical (unpaired) electrons. The van der Waals surface area contributed by atoms with Gasteiger partial charge < -0.3 is 9.47 Å². The molecule has 1 unspecified atom stereocenters. The lowest BCUT2D eigenvalue weighted by Crippen LogP contribution is -2.19. The van der Waals surface area contributed by atoms with E-state index in [0.717, 1.165) is 0 Å². The maximum atomic E-state index is 12.0. The Hall–Kier alpha value is -1.11. The number of carbonyl (C=O) groups is 1. The molecule has 1 aliphatic rings. The Morgan fingerprint density at radius 1 is 1.47 bits per heavy atom. The maximum absolute atomic E-state index is 12.0. The molecule has 0 amide bonds. The van der Waals surface area contributed by atoms with Crippen LogP contribution in [0.2, 0.25) is 0 Å². The van der Waals surface area contributed by atoms with Crippen molar-refractivity contribution in [2.45, 2.75) is 24.3 Å². The van der Waals surface area contributed by atoms with Crippen molar-refractivity contribution in [1.82, 2.24) is 0 Å².